The van der Waals surface area contributed by atoms with Crippen molar-refractivity contribution in [3.8, 4) is 0 Å². The van der Waals surface area contributed by atoms with Crippen LogP contribution >= 0.6 is 0 Å². The van der Waals surface area contributed by atoms with Crippen LogP contribution in [0.1, 0.15) is 67.4 Å². The second-order valence-electron chi connectivity index (χ2n) is 7.36. The van der Waals surface area contributed by atoms with E-state index in [0.29, 0.717) is 5.56 Å². The van der Waals surface area contributed by atoms with Crippen LogP contribution in [0, 0.1) is 5.92 Å². The predicted molar refractivity (Wildman–Crippen MR) is 114 cm³/mol. The summed E-state index contributed by atoms with van der Waals surface area (Å²) in [4.78, 5) is 23.6. The average molecular weight is 382 g/mol. The van der Waals surface area contributed by atoms with Gasteiger partial charge in [-0.2, -0.15) is 0 Å². The largest absolute Gasteiger partial charge is 0.478 e. The number of amides is 1. The highest BCUT2D eigenvalue weighted by Gasteiger charge is 2.13. The van der Waals surface area contributed by atoms with E-state index in [1.807, 2.05) is 37.3 Å². The monoisotopic (exact) mass is 381 g/mol. The van der Waals surface area contributed by atoms with Gasteiger partial charge in [0.1, 0.15) is 0 Å². The molecule has 2 rings (SSSR count). The van der Waals surface area contributed by atoms with Gasteiger partial charge in [0.25, 0.3) is 0 Å². The van der Waals surface area contributed by atoms with Gasteiger partial charge in [-0.15, -0.1) is 0 Å². The lowest BCUT2D eigenvalue weighted by atomic mass is 9.99. The second kappa shape index (κ2) is 11.3. The third-order valence-corrected chi connectivity index (χ3v) is 5.08. The van der Waals surface area contributed by atoms with E-state index >= 15 is 0 Å². The number of anilines is 1. The SMILES string of the molecule is CCCC(C)C(=O)Nc1ccccc1CCCCCc1ccccc1C(=O)O. The lowest BCUT2D eigenvalue weighted by Crippen LogP contribution is -2.21. The normalized spacial score (nSPS) is 11.8. The zero-order chi connectivity index (χ0) is 20.4. The van der Waals surface area contributed by atoms with E-state index in [1.165, 1.54) is 0 Å². The summed E-state index contributed by atoms with van der Waals surface area (Å²) in [6.45, 7) is 4.06. The van der Waals surface area contributed by atoms with Crippen molar-refractivity contribution >= 4 is 17.6 Å². The molecule has 0 radical (unpaired) electrons. The minimum absolute atomic E-state index is 0.0207. The first kappa shape index (κ1) is 21.7. The maximum atomic E-state index is 12.3. The van der Waals surface area contributed by atoms with E-state index in [-0.39, 0.29) is 11.8 Å². The van der Waals surface area contributed by atoms with Gasteiger partial charge in [-0.1, -0.05) is 63.1 Å². The van der Waals surface area contributed by atoms with Crippen molar-refractivity contribution in [3.63, 3.8) is 0 Å². The van der Waals surface area contributed by atoms with E-state index in [0.717, 1.165) is 61.8 Å². The van der Waals surface area contributed by atoms with Gasteiger partial charge in [-0.05, 0) is 55.4 Å². The molecule has 0 spiro atoms. The standard InChI is InChI=1S/C24H31NO3/c1-3-11-18(2)23(26)25-22-17-10-8-15-20(22)14-6-4-5-12-19-13-7-9-16-21(19)24(27)28/h7-10,13,15-18H,3-6,11-12,14H2,1-2H3,(H,25,26)(H,27,28). The van der Waals surface area contributed by atoms with Gasteiger partial charge in [0.05, 0.1) is 5.56 Å². The van der Waals surface area contributed by atoms with Gasteiger partial charge in [-0.3, -0.25) is 4.79 Å². The van der Waals surface area contributed by atoms with Crippen molar-refractivity contribution in [1.29, 1.82) is 0 Å². The van der Waals surface area contributed by atoms with Crippen molar-refractivity contribution in [2.75, 3.05) is 5.32 Å². The molecule has 1 amide bonds. The third kappa shape index (κ3) is 6.52. The van der Waals surface area contributed by atoms with Crippen molar-refractivity contribution in [2.24, 2.45) is 5.92 Å². The molecule has 4 nitrogen and oxygen atoms in total. The summed E-state index contributed by atoms with van der Waals surface area (Å²) in [5, 5.41) is 12.3. The number of carboxylic acids is 1. The number of nitrogens with one attached hydrogen (secondary N) is 1. The highest BCUT2D eigenvalue weighted by atomic mass is 16.4. The van der Waals surface area contributed by atoms with Crippen LogP contribution in [0.5, 0.6) is 0 Å². The fourth-order valence-electron chi connectivity index (χ4n) is 3.43. The lowest BCUT2D eigenvalue weighted by molar-refractivity contribution is -0.119. The molecule has 0 saturated carbocycles. The topological polar surface area (TPSA) is 66.4 Å². The second-order valence-corrected chi connectivity index (χ2v) is 7.36. The number of aryl methyl sites for hydroxylation is 2. The van der Waals surface area contributed by atoms with Crippen LogP contribution in [-0.4, -0.2) is 17.0 Å². The van der Waals surface area contributed by atoms with Crippen LogP contribution in [0.3, 0.4) is 0 Å². The van der Waals surface area contributed by atoms with E-state index in [1.54, 1.807) is 12.1 Å². The first-order chi connectivity index (χ1) is 13.5. The summed E-state index contributed by atoms with van der Waals surface area (Å²) in [5.74, 6) is -0.760. The maximum absolute atomic E-state index is 12.3. The van der Waals surface area contributed by atoms with Crippen LogP contribution in [0.4, 0.5) is 5.69 Å². The number of hydrogen-bond donors (Lipinski definition) is 2. The molecule has 2 N–H and O–H groups in total. The van der Waals surface area contributed by atoms with E-state index < -0.39 is 5.97 Å². The Morgan fingerprint density at radius 2 is 1.54 bits per heavy atom. The molecular formula is C24H31NO3. The summed E-state index contributed by atoms with van der Waals surface area (Å²) in [7, 11) is 0. The zero-order valence-corrected chi connectivity index (χ0v) is 16.9. The summed E-state index contributed by atoms with van der Waals surface area (Å²) in [6.07, 6.45) is 6.54. The molecule has 2 aromatic rings. The van der Waals surface area contributed by atoms with Crippen molar-refractivity contribution in [3.05, 3.63) is 65.2 Å². The number of rotatable bonds is 11. The fraction of sp³-hybridized carbons (Fsp3) is 0.417. The average Bonchev–Trinajstić information content (AvgIpc) is 2.69. The smallest absolute Gasteiger partial charge is 0.335 e. The molecule has 0 heterocycles. The Bertz CT molecular complexity index is 785. The summed E-state index contributed by atoms with van der Waals surface area (Å²) < 4.78 is 0. The molecule has 0 aromatic heterocycles. The number of carbonyl (C=O) groups is 2. The van der Waals surface area contributed by atoms with Gasteiger partial charge < -0.3 is 10.4 Å². The van der Waals surface area contributed by atoms with E-state index in [9.17, 15) is 14.7 Å². The summed E-state index contributed by atoms with van der Waals surface area (Å²) in [5.41, 5.74) is 3.36. The Kier molecular flexibility index (Phi) is 8.73. The van der Waals surface area contributed by atoms with Gasteiger partial charge in [-0.25, -0.2) is 4.79 Å². The highest BCUT2D eigenvalue weighted by molar-refractivity contribution is 5.93. The number of unbranched alkanes of at least 4 members (excludes halogenated alkanes) is 2. The molecule has 0 fully saturated rings. The van der Waals surface area contributed by atoms with Crippen molar-refractivity contribution in [2.45, 2.75) is 58.8 Å². The Labute approximate surface area is 168 Å². The summed E-state index contributed by atoms with van der Waals surface area (Å²) in [6, 6.07) is 15.2. The number of carbonyl (C=O) groups excluding carboxylic acids is 1. The molecule has 0 aliphatic rings. The number of para-hydroxylation sites is 1. The molecule has 28 heavy (non-hydrogen) atoms. The van der Waals surface area contributed by atoms with Crippen LogP contribution < -0.4 is 5.32 Å². The van der Waals surface area contributed by atoms with Crippen LogP contribution in [0.2, 0.25) is 0 Å². The molecule has 0 aliphatic heterocycles. The molecule has 1 atom stereocenters. The van der Waals surface area contributed by atoms with Crippen LogP contribution in [0.25, 0.3) is 0 Å². The molecule has 1 unspecified atom stereocenters. The minimum atomic E-state index is -0.863. The van der Waals surface area contributed by atoms with Crippen molar-refractivity contribution in [1.82, 2.24) is 0 Å². The van der Waals surface area contributed by atoms with Crippen molar-refractivity contribution < 1.29 is 14.7 Å². The summed E-state index contributed by atoms with van der Waals surface area (Å²) >= 11 is 0. The van der Waals surface area contributed by atoms with Crippen LogP contribution in [0.15, 0.2) is 48.5 Å². The molecule has 2 aromatic carbocycles. The Morgan fingerprint density at radius 1 is 0.929 bits per heavy atom. The van der Waals surface area contributed by atoms with Gasteiger partial charge >= 0.3 is 5.97 Å². The lowest BCUT2D eigenvalue weighted by Gasteiger charge is -2.14. The number of hydrogen-bond acceptors (Lipinski definition) is 2. The molecule has 150 valence electrons. The first-order valence-electron chi connectivity index (χ1n) is 10.2. The third-order valence-electron chi connectivity index (χ3n) is 5.08. The molecule has 0 aliphatic carbocycles. The number of benzene rings is 2. The maximum Gasteiger partial charge on any atom is 0.335 e. The fourth-order valence-corrected chi connectivity index (χ4v) is 3.43. The van der Waals surface area contributed by atoms with Gasteiger partial charge in [0.2, 0.25) is 5.91 Å². The number of aromatic carboxylic acids is 1. The zero-order valence-electron chi connectivity index (χ0n) is 16.9. The van der Waals surface area contributed by atoms with Crippen LogP contribution in [-0.2, 0) is 17.6 Å². The molecular weight excluding hydrogens is 350 g/mol. The van der Waals surface area contributed by atoms with Gasteiger partial charge in [0, 0.05) is 11.6 Å². The molecule has 4 heteroatoms. The van der Waals surface area contributed by atoms with E-state index in [2.05, 4.69) is 18.3 Å². The first-order valence-corrected chi connectivity index (χ1v) is 10.2. The Balaban J connectivity index is 1.84. The predicted octanol–water partition coefficient (Wildman–Crippen LogP) is 5.72. The molecule has 0 bridgehead atoms. The van der Waals surface area contributed by atoms with E-state index in [4.69, 9.17) is 0 Å². The Morgan fingerprint density at radius 3 is 2.21 bits per heavy atom. The quantitative estimate of drug-likeness (QED) is 0.490. The Hall–Kier alpha value is -2.62. The van der Waals surface area contributed by atoms with Gasteiger partial charge in [0.15, 0.2) is 0 Å². The number of carboxylic acid groups (broad SMARTS) is 1. The highest BCUT2D eigenvalue weighted by Crippen LogP contribution is 2.20. The minimum Gasteiger partial charge on any atom is -0.478 e. The molecule has 0 saturated heterocycles.